The van der Waals surface area contributed by atoms with Crippen LogP contribution in [0.25, 0.3) is 0 Å². The summed E-state index contributed by atoms with van der Waals surface area (Å²) in [4.78, 5) is 1.55. The average Bonchev–Trinajstić information content (AvgIpc) is 2.67. The van der Waals surface area contributed by atoms with Gasteiger partial charge in [0.05, 0.1) is 22.9 Å². The molecule has 0 bridgehead atoms. The Labute approximate surface area is 118 Å². The van der Waals surface area contributed by atoms with Gasteiger partial charge in [-0.15, -0.1) is 0 Å². The molecule has 112 valence electrons. The number of hydrogen-bond donors (Lipinski definition) is 2. The Balaban J connectivity index is 2.39. The number of rotatable bonds is 3. The SMILES string of the molecule is CN(c1cccc(S(N)(=O)=O)c1N)C1CCS(=O)(=O)C1. The molecule has 1 atom stereocenters. The van der Waals surface area contributed by atoms with Crippen LogP contribution in [0.4, 0.5) is 11.4 Å². The highest BCUT2D eigenvalue weighted by Gasteiger charge is 2.32. The Bertz CT molecular complexity index is 728. The summed E-state index contributed by atoms with van der Waals surface area (Å²) in [6.45, 7) is 0. The Morgan fingerprint density at radius 1 is 1.35 bits per heavy atom. The minimum atomic E-state index is -3.91. The van der Waals surface area contributed by atoms with E-state index < -0.39 is 19.9 Å². The van der Waals surface area contributed by atoms with Crippen LogP contribution in [0.5, 0.6) is 0 Å². The van der Waals surface area contributed by atoms with E-state index in [2.05, 4.69) is 0 Å². The van der Waals surface area contributed by atoms with Crippen LogP contribution in [-0.2, 0) is 19.9 Å². The zero-order valence-electron chi connectivity index (χ0n) is 11.0. The van der Waals surface area contributed by atoms with E-state index in [1.54, 1.807) is 18.0 Å². The predicted molar refractivity (Wildman–Crippen MR) is 77.7 cm³/mol. The number of nitrogens with two attached hydrogens (primary N) is 2. The summed E-state index contributed by atoms with van der Waals surface area (Å²) in [6.07, 6.45) is 0.498. The van der Waals surface area contributed by atoms with E-state index in [1.165, 1.54) is 12.1 Å². The Morgan fingerprint density at radius 2 is 2.00 bits per heavy atom. The first-order valence-corrected chi connectivity index (χ1v) is 9.33. The largest absolute Gasteiger partial charge is 0.396 e. The fourth-order valence-electron chi connectivity index (χ4n) is 2.37. The third-order valence-electron chi connectivity index (χ3n) is 3.49. The van der Waals surface area contributed by atoms with Gasteiger partial charge in [-0.3, -0.25) is 0 Å². The summed E-state index contributed by atoms with van der Waals surface area (Å²) in [5.41, 5.74) is 6.37. The lowest BCUT2D eigenvalue weighted by atomic mass is 10.2. The molecule has 2 rings (SSSR count). The predicted octanol–water partition coefficient (Wildman–Crippen LogP) is -0.460. The Hall–Kier alpha value is -1.32. The molecule has 1 aliphatic heterocycles. The van der Waals surface area contributed by atoms with Crippen molar-refractivity contribution >= 4 is 31.2 Å². The van der Waals surface area contributed by atoms with Gasteiger partial charge in [0.1, 0.15) is 4.90 Å². The van der Waals surface area contributed by atoms with E-state index >= 15 is 0 Å². The highest BCUT2D eigenvalue weighted by Crippen LogP contribution is 2.31. The number of hydrogen-bond acceptors (Lipinski definition) is 6. The van der Waals surface area contributed by atoms with Crippen molar-refractivity contribution in [3.05, 3.63) is 18.2 Å². The molecule has 0 amide bonds. The van der Waals surface area contributed by atoms with Crippen molar-refractivity contribution < 1.29 is 16.8 Å². The van der Waals surface area contributed by atoms with Crippen molar-refractivity contribution in [1.29, 1.82) is 0 Å². The van der Waals surface area contributed by atoms with Crippen molar-refractivity contribution in [2.75, 3.05) is 29.2 Å². The quantitative estimate of drug-likeness (QED) is 0.727. The van der Waals surface area contributed by atoms with Crippen LogP contribution in [0.2, 0.25) is 0 Å². The molecule has 1 unspecified atom stereocenters. The molecule has 0 spiro atoms. The molecule has 9 heteroatoms. The first-order valence-electron chi connectivity index (χ1n) is 5.96. The van der Waals surface area contributed by atoms with E-state index in [4.69, 9.17) is 10.9 Å². The molecule has 1 heterocycles. The number of nitrogen functional groups attached to an aromatic ring is 1. The van der Waals surface area contributed by atoms with Crippen LogP contribution in [0.1, 0.15) is 6.42 Å². The second-order valence-electron chi connectivity index (χ2n) is 4.90. The Kier molecular flexibility index (Phi) is 3.69. The first kappa shape index (κ1) is 15.1. The minimum Gasteiger partial charge on any atom is -0.396 e. The molecule has 1 aromatic carbocycles. The third kappa shape index (κ3) is 2.89. The first-order chi connectivity index (χ1) is 9.12. The van der Waals surface area contributed by atoms with Crippen LogP contribution < -0.4 is 15.8 Å². The van der Waals surface area contributed by atoms with Gasteiger partial charge in [0.15, 0.2) is 9.84 Å². The monoisotopic (exact) mass is 319 g/mol. The number of para-hydroxylation sites is 1. The second-order valence-corrected chi connectivity index (χ2v) is 8.66. The summed E-state index contributed by atoms with van der Waals surface area (Å²) in [7, 11) is -5.23. The van der Waals surface area contributed by atoms with Crippen LogP contribution in [0.15, 0.2) is 23.1 Å². The molecule has 1 aliphatic rings. The molecular formula is C11H17N3O4S2. The van der Waals surface area contributed by atoms with Gasteiger partial charge < -0.3 is 10.6 Å². The number of benzene rings is 1. The van der Waals surface area contributed by atoms with E-state index in [-0.39, 0.29) is 28.1 Å². The molecule has 0 aromatic heterocycles. The number of anilines is 2. The maximum Gasteiger partial charge on any atom is 0.240 e. The lowest BCUT2D eigenvalue weighted by Gasteiger charge is -2.27. The van der Waals surface area contributed by atoms with Gasteiger partial charge in [0.25, 0.3) is 0 Å². The summed E-state index contributed by atoms with van der Waals surface area (Å²) in [5, 5.41) is 5.10. The fraction of sp³-hybridized carbons (Fsp3) is 0.455. The van der Waals surface area contributed by atoms with Crippen LogP contribution in [0, 0.1) is 0 Å². The normalized spacial score (nSPS) is 21.8. The van der Waals surface area contributed by atoms with Crippen molar-refractivity contribution in [3.8, 4) is 0 Å². The summed E-state index contributed by atoms with van der Waals surface area (Å²) in [6, 6.07) is 4.30. The van der Waals surface area contributed by atoms with E-state index in [1.807, 2.05) is 0 Å². The highest BCUT2D eigenvalue weighted by molar-refractivity contribution is 7.91. The second kappa shape index (κ2) is 4.90. The maximum atomic E-state index is 11.5. The lowest BCUT2D eigenvalue weighted by Crippen LogP contribution is -2.33. The standard InChI is InChI=1S/C11H17N3O4S2/c1-14(8-5-6-19(15,16)7-8)9-3-2-4-10(11(9)12)20(13,17)18/h2-4,8H,5-7,12H2,1H3,(H2,13,17,18). The molecule has 7 nitrogen and oxygen atoms in total. The van der Waals surface area contributed by atoms with E-state index in [0.29, 0.717) is 12.1 Å². The molecular weight excluding hydrogens is 302 g/mol. The lowest BCUT2D eigenvalue weighted by molar-refractivity contribution is 0.596. The molecule has 1 fully saturated rings. The molecule has 0 radical (unpaired) electrons. The number of nitrogens with zero attached hydrogens (tertiary/aromatic N) is 1. The fourth-order valence-corrected chi connectivity index (χ4v) is 4.82. The maximum absolute atomic E-state index is 11.5. The van der Waals surface area contributed by atoms with Crippen molar-refractivity contribution in [2.45, 2.75) is 17.4 Å². The topological polar surface area (TPSA) is 124 Å². The number of primary sulfonamides is 1. The minimum absolute atomic E-state index is 0.0433. The van der Waals surface area contributed by atoms with Gasteiger partial charge in [0.2, 0.25) is 10.0 Å². The molecule has 0 saturated carbocycles. The molecule has 1 aromatic rings. The van der Waals surface area contributed by atoms with Gasteiger partial charge in [-0.1, -0.05) is 6.07 Å². The number of sulfonamides is 1. The van der Waals surface area contributed by atoms with E-state index in [9.17, 15) is 16.8 Å². The molecule has 4 N–H and O–H groups in total. The van der Waals surface area contributed by atoms with Crippen molar-refractivity contribution in [1.82, 2.24) is 0 Å². The van der Waals surface area contributed by atoms with Crippen LogP contribution in [0.3, 0.4) is 0 Å². The highest BCUT2D eigenvalue weighted by atomic mass is 32.2. The Morgan fingerprint density at radius 3 is 2.50 bits per heavy atom. The summed E-state index contributed by atoms with van der Waals surface area (Å²) < 4.78 is 45.9. The summed E-state index contributed by atoms with van der Waals surface area (Å²) in [5.74, 6) is 0.180. The molecule has 20 heavy (non-hydrogen) atoms. The smallest absolute Gasteiger partial charge is 0.240 e. The van der Waals surface area contributed by atoms with Gasteiger partial charge >= 0.3 is 0 Å². The average molecular weight is 319 g/mol. The van der Waals surface area contributed by atoms with Crippen LogP contribution in [-0.4, -0.2) is 41.4 Å². The van der Waals surface area contributed by atoms with Gasteiger partial charge in [0, 0.05) is 13.1 Å². The van der Waals surface area contributed by atoms with Gasteiger partial charge in [-0.25, -0.2) is 22.0 Å². The van der Waals surface area contributed by atoms with Gasteiger partial charge in [-0.05, 0) is 18.6 Å². The summed E-state index contributed by atoms with van der Waals surface area (Å²) >= 11 is 0. The van der Waals surface area contributed by atoms with Crippen molar-refractivity contribution in [3.63, 3.8) is 0 Å². The zero-order valence-corrected chi connectivity index (χ0v) is 12.6. The molecule has 1 saturated heterocycles. The zero-order chi connectivity index (χ0) is 15.1. The van der Waals surface area contributed by atoms with Crippen LogP contribution >= 0.6 is 0 Å². The van der Waals surface area contributed by atoms with Crippen molar-refractivity contribution in [2.24, 2.45) is 5.14 Å². The van der Waals surface area contributed by atoms with E-state index in [0.717, 1.165) is 0 Å². The molecule has 0 aliphatic carbocycles. The third-order valence-corrected chi connectivity index (χ3v) is 6.21. The number of sulfone groups is 1. The van der Waals surface area contributed by atoms with Gasteiger partial charge in [-0.2, -0.15) is 0 Å².